The fraction of sp³-hybridized carbons (Fsp3) is 0.455. The number of nitrogens with one attached hydrogen (secondary N) is 1. The second-order valence-corrected chi connectivity index (χ2v) is 4.81. The Bertz CT molecular complexity index is 446. The lowest BCUT2D eigenvalue weighted by molar-refractivity contribution is -0.383. The van der Waals surface area contributed by atoms with Crippen LogP contribution in [0.2, 0.25) is 5.02 Å². The summed E-state index contributed by atoms with van der Waals surface area (Å²) < 4.78 is 0. The molecule has 0 spiro atoms. The maximum absolute atomic E-state index is 10.8. The third-order valence-corrected chi connectivity index (χ3v) is 3.44. The number of halogens is 1. The number of hydrogen-bond donors (Lipinski definition) is 2. The molecule has 0 atom stereocenters. The lowest BCUT2D eigenvalue weighted by Crippen LogP contribution is -2.19. The number of aliphatic hydroxyl groups is 1. The Morgan fingerprint density at radius 1 is 1.53 bits per heavy atom. The predicted molar refractivity (Wildman–Crippen MR) is 65.3 cm³/mol. The third kappa shape index (κ3) is 2.50. The van der Waals surface area contributed by atoms with Crippen LogP contribution in [0.4, 0.5) is 11.4 Å². The van der Waals surface area contributed by atoms with Crippen LogP contribution in [-0.2, 0) is 0 Å². The summed E-state index contributed by atoms with van der Waals surface area (Å²) in [5.74, 6) is 0. The van der Waals surface area contributed by atoms with E-state index in [0.717, 1.165) is 12.8 Å². The molecule has 1 aromatic carbocycles. The number of benzene rings is 1. The summed E-state index contributed by atoms with van der Waals surface area (Å²) in [7, 11) is 0. The summed E-state index contributed by atoms with van der Waals surface area (Å²) in [6.07, 6.45) is 1.88. The van der Waals surface area contributed by atoms with E-state index in [1.54, 1.807) is 12.1 Å². The molecule has 1 saturated carbocycles. The molecule has 5 nitrogen and oxygen atoms in total. The fourth-order valence-corrected chi connectivity index (χ4v) is 1.92. The molecule has 92 valence electrons. The minimum atomic E-state index is -0.466. The molecule has 1 aliphatic carbocycles. The maximum Gasteiger partial charge on any atom is 0.293 e. The van der Waals surface area contributed by atoms with Crippen LogP contribution in [-0.4, -0.2) is 23.2 Å². The minimum Gasteiger partial charge on any atom is -0.396 e. The summed E-state index contributed by atoms with van der Waals surface area (Å²) in [6.45, 7) is 0.603. The molecule has 1 aromatic rings. The highest BCUT2D eigenvalue weighted by Crippen LogP contribution is 2.45. The molecule has 0 amide bonds. The third-order valence-electron chi connectivity index (χ3n) is 3.12. The summed E-state index contributed by atoms with van der Waals surface area (Å²) in [4.78, 5) is 10.4. The van der Waals surface area contributed by atoms with E-state index in [2.05, 4.69) is 5.32 Å². The number of hydrogen-bond acceptors (Lipinski definition) is 4. The summed E-state index contributed by atoms with van der Waals surface area (Å²) in [5.41, 5.74) is 0.178. The second kappa shape index (κ2) is 4.50. The summed E-state index contributed by atoms with van der Waals surface area (Å²) >= 11 is 5.94. The molecule has 0 saturated heterocycles. The topological polar surface area (TPSA) is 75.4 Å². The maximum atomic E-state index is 10.8. The lowest BCUT2D eigenvalue weighted by Gasteiger charge is -2.14. The largest absolute Gasteiger partial charge is 0.396 e. The Hall–Kier alpha value is -1.33. The molecular formula is C11H13ClN2O3. The monoisotopic (exact) mass is 256 g/mol. The first-order chi connectivity index (χ1) is 8.08. The predicted octanol–water partition coefficient (Wildman–Crippen LogP) is 2.43. The van der Waals surface area contributed by atoms with Crippen molar-refractivity contribution in [1.82, 2.24) is 0 Å². The second-order valence-electron chi connectivity index (χ2n) is 4.40. The first kappa shape index (κ1) is 12.1. The van der Waals surface area contributed by atoms with Gasteiger partial charge in [0.25, 0.3) is 5.69 Å². The van der Waals surface area contributed by atoms with Crippen molar-refractivity contribution in [2.24, 2.45) is 5.41 Å². The van der Waals surface area contributed by atoms with E-state index in [-0.39, 0.29) is 17.7 Å². The van der Waals surface area contributed by atoms with Gasteiger partial charge in [0.15, 0.2) is 0 Å². The number of nitro benzene ring substituents is 1. The van der Waals surface area contributed by atoms with Crippen LogP contribution in [0.25, 0.3) is 0 Å². The van der Waals surface area contributed by atoms with E-state index in [9.17, 15) is 15.2 Å². The van der Waals surface area contributed by atoms with Crippen LogP contribution in [0.3, 0.4) is 0 Å². The van der Waals surface area contributed by atoms with Crippen molar-refractivity contribution < 1.29 is 10.0 Å². The zero-order chi connectivity index (χ0) is 12.5. The Balaban J connectivity index is 2.17. The zero-order valence-electron chi connectivity index (χ0n) is 9.15. The molecule has 0 aromatic heterocycles. The lowest BCUT2D eigenvalue weighted by atomic mass is 10.1. The van der Waals surface area contributed by atoms with Crippen molar-refractivity contribution in [2.75, 3.05) is 18.5 Å². The van der Waals surface area contributed by atoms with Crippen molar-refractivity contribution in [3.8, 4) is 0 Å². The van der Waals surface area contributed by atoms with Gasteiger partial charge in [-0.05, 0) is 18.9 Å². The average molecular weight is 257 g/mol. The molecule has 6 heteroatoms. The first-order valence-electron chi connectivity index (χ1n) is 5.36. The van der Waals surface area contributed by atoms with Crippen LogP contribution in [0.5, 0.6) is 0 Å². The van der Waals surface area contributed by atoms with Crippen molar-refractivity contribution in [1.29, 1.82) is 0 Å². The van der Waals surface area contributed by atoms with Crippen LogP contribution < -0.4 is 5.32 Å². The van der Waals surface area contributed by atoms with Gasteiger partial charge in [-0.3, -0.25) is 10.1 Å². The Morgan fingerprint density at radius 2 is 2.24 bits per heavy atom. The van der Waals surface area contributed by atoms with E-state index < -0.39 is 4.92 Å². The highest BCUT2D eigenvalue weighted by Gasteiger charge is 2.42. The molecule has 2 rings (SSSR count). The van der Waals surface area contributed by atoms with Crippen molar-refractivity contribution in [2.45, 2.75) is 12.8 Å². The molecule has 0 unspecified atom stereocenters. The average Bonchev–Trinajstić information content (AvgIpc) is 3.08. The van der Waals surface area contributed by atoms with E-state index in [4.69, 9.17) is 11.6 Å². The van der Waals surface area contributed by atoms with E-state index in [1.165, 1.54) is 6.07 Å². The van der Waals surface area contributed by atoms with Crippen molar-refractivity contribution in [3.05, 3.63) is 33.3 Å². The Kier molecular flexibility index (Phi) is 3.22. The van der Waals surface area contributed by atoms with Crippen LogP contribution in [0, 0.1) is 15.5 Å². The number of nitrogens with zero attached hydrogens (tertiary/aromatic N) is 1. The van der Waals surface area contributed by atoms with Gasteiger partial charge in [0.2, 0.25) is 0 Å². The molecule has 1 aliphatic rings. The Labute approximate surface area is 104 Å². The van der Waals surface area contributed by atoms with Gasteiger partial charge in [-0.1, -0.05) is 17.7 Å². The first-order valence-corrected chi connectivity index (χ1v) is 5.73. The Morgan fingerprint density at radius 3 is 2.76 bits per heavy atom. The quantitative estimate of drug-likeness (QED) is 0.627. The van der Waals surface area contributed by atoms with Gasteiger partial charge in [-0.2, -0.15) is 0 Å². The van der Waals surface area contributed by atoms with Crippen LogP contribution >= 0.6 is 11.6 Å². The molecule has 17 heavy (non-hydrogen) atoms. The SMILES string of the molecule is O=[N+]([O-])c1cccc(Cl)c1NCC1(CO)CC1. The molecule has 2 N–H and O–H groups in total. The molecule has 0 bridgehead atoms. The van der Waals surface area contributed by atoms with Crippen LogP contribution in [0.15, 0.2) is 18.2 Å². The van der Waals surface area contributed by atoms with Gasteiger partial charge in [0.05, 0.1) is 16.6 Å². The van der Waals surface area contributed by atoms with Gasteiger partial charge in [0.1, 0.15) is 5.69 Å². The molecular weight excluding hydrogens is 244 g/mol. The number of anilines is 1. The number of aliphatic hydroxyl groups excluding tert-OH is 1. The number of nitro groups is 1. The number of rotatable bonds is 5. The van der Waals surface area contributed by atoms with Crippen molar-refractivity contribution >= 4 is 23.0 Å². The van der Waals surface area contributed by atoms with Gasteiger partial charge in [0, 0.05) is 18.0 Å². The van der Waals surface area contributed by atoms with Gasteiger partial charge in [-0.25, -0.2) is 0 Å². The summed E-state index contributed by atoms with van der Waals surface area (Å²) in [6, 6.07) is 4.56. The highest BCUT2D eigenvalue weighted by molar-refractivity contribution is 6.33. The van der Waals surface area contributed by atoms with E-state index in [0.29, 0.717) is 17.3 Å². The van der Waals surface area contributed by atoms with Gasteiger partial charge >= 0.3 is 0 Å². The highest BCUT2D eigenvalue weighted by atomic mass is 35.5. The minimum absolute atomic E-state index is 0.0359. The molecule has 0 radical (unpaired) electrons. The molecule has 0 aliphatic heterocycles. The van der Waals surface area contributed by atoms with Gasteiger partial charge < -0.3 is 10.4 Å². The zero-order valence-corrected chi connectivity index (χ0v) is 9.91. The molecule has 1 fully saturated rings. The smallest absolute Gasteiger partial charge is 0.293 e. The normalized spacial score (nSPS) is 16.6. The van der Waals surface area contributed by atoms with E-state index >= 15 is 0 Å². The molecule has 0 heterocycles. The standard InChI is InChI=1S/C11H13ClN2O3/c12-8-2-1-3-9(14(16)17)10(8)13-6-11(7-15)4-5-11/h1-3,13,15H,4-7H2. The summed E-state index contributed by atoms with van der Waals surface area (Å²) in [5, 5.41) is 23.3. The van der Waals surface area contributed by atoms with Gasteiger partial charge in [-0.15, -0.1) is 0 Å². The van der Waals surface area contributed by atoms with Crippen LogP contribution in [0.1, 0.15) is 12.8 Å². The fourth-order valence-electron chi connectivity index (χ4n) is 1.68. The van der Waals surface area contributed by atoms with Crippen molar-refractivity contribution in [3.63, 3.8) is 0 Å². The number of para-hydroxylation sites is 1. The van der Waals surface area contributed by atoms with E-state index in [1.807, 2.05) is 0 Å².